The number of nitrogens with two attached hydrogens (primary N) is 3. The minimum Gasteiger partial charge on any atom is -0.481 e. The molecule has 1 aromatic carbocycles. The largest absolute Gasteiger partial charge is 0.481 e. The van der Waals surface area contributed by atoms with Gasteiger partial charge in [-0.05, 0) is 37.2 Å². The zero-order valence-corrected chi connectivity index (χ0v) is 22.8. The molecule has 0 aliphatic rings. The summed E-state index contributed by atoms with van der Waals surface area (Å²) in [5, 5.41) is 26.0. The number of aliphatic imine (C=N–C) groups is 1. The number of carboxylic acid groups (broad SMARTS) is 2. The highest BCUT2D eigenvalue weighted by molar-refractivity contribution is 5.94. The second-order valence-corrected chi connectivity index (χ2v) is 9.83. The van der Waals surface area contributed by atoms with Crippen LogP contribution < -0.4 is 33.2 Å². The van der Waals surface area contributed by atoms with E-state index in [4.69, 9.17) is 22.3 Å². The third-order valence-electron chi connectivity index (χ3n) is 5.82. The van der Waals surface area contributed by atoms with E-state index in [0.29, 0.717) is 18.5 Å². The number of nitrogens with one attached hydrogen (secondary N) is 3. The Morgan fingerprint density at radius 1 is 0.850 bits per heavy atom. The third-order valence-corrected chi connectivity index (χ3v) is 5.82. The quantitative estimate of drug-likeness (QED) is 0.0618. The number of amides is 3. The molecule has 14 nitrogen and oxygen atoms in total. The van der Waals surface area contributed by atoms with Gasteiger partial charge in [0.15, 0.2) is 5.96 Å². The summed E-state index contributed by atoms with van der Waals surface area (Å²) in [6.07, 6.45) is 0.173. The van der Waals surface area contributed by atoms with Crippen LogP contribution in [0.1, 0.15) is 51.5 Å². The molecule has 0 saturated heterocycles. The maximum atomic E-state index is 13.3. The first kappa shape index (κ1) is 33.8. The summed E-state index contributed by atoms with van der Waals surface area (Å²) < 4.78 is 0. The molecule has 0 saturated carbocycles. The number of carbonyl (C=O) groups is 5. The predicted molar refractivity (Wildman–Crippen MR) is 148 cm³/mol. The fourth-order valence-corrected chi connectivity index (χ4v) is 3.76. The average molecular weight is 564 g/mol. The number of rotatable bonds is 18. The van der Waals surface area contributed by atoms with Crippen molar-refractivity contribution in [2.24, 2.45) is 28.1 Å². The Bertz CT molecular complexity index is 1030. The zero-order chi connectivity index (χ0) is 30.2. The Labute approximate surface area is 233 Å². The molecular formula is C26H41N7O7. The molecule has 0 bridgehead atoms. The summed E-state index contributed by atoms with van der Waals surface area (Å²) in [5.74, 6) is -4.71. The number of hydrogen-bond donors (Lipinski definition) is 8. The van der Waals surface area contributed by atoms with E-state index < -0.39 is 60.2 Å². The average Bonchev–Trinajstić information content (AvgIpc) is 2.87. The van der Waals surface area contributed by atoms with Crippen molar-refractivity contribution in [1.82, 2.24) is 16.0 Å². The Morgan fingerprint density at radius 2 is 1.43 bits per heavy atom. The van der Waals surface area contributed by atoms with Crippen LogP contribution >= 0.6 is 0 Å². The van der Waals surface area contributed by atoms with Crippen LogP contribution in [0.4, 0.5) is 0 Å². The first-order chi connectivity index (χ1) is 18.8. The fourth-order valence-electron chi connectivity index (χ4n) is 3.76. The molecule has 0 aromatic heterocycles. The highest BCUT2D eigenvalue weighted by atomic mass is 16.4. The minimum absolute atomic E-state index is 0.0112. The van der Waals surface area contributed by atoms with Gasteiger partial charge in [0.2, 0.25) is 17.7 Å². The highest BCUT2D eigenvalue weighted by Gasteiger charge is 2.31. The number of aliphatic carboxylic acids is 2. The molecule has 0 spiro atoms. The molecule has 4 atom stereocenters. The van der Waals surface area contributed by atoms with Gasteiger partial charge in [-0.15, -0.1) is 0 Å². The molecule has 222 valence electrons. The van der Waals surface area contributed by atoms with E-state index in [0.717, 1.165) is 0 Å². The molecule has 40 heavy (non-hydrogen) atoms. The Kier molecular flexibility index (Phi) is 14.7. The molecule has 0 aliphatic heterocycles. The lowest BCUT2D eigenvalue weighted by atomic mass is 10.00. The van der Waals surface area contributed by atoms with Gasteiger partial charge in [-0.3, -0.25) is 24.2 Å². The van der Waals surface area contributed by atoms with Crippen molar-refractivity contribution in [2.75, 3.05) is 6.54 Å². The molecule has 4 unspecified atom stereocenters. The lowest BCUT2D eigenvalue weighted by Crippen LogP contribution is -2.57. The summed E-state index contributed by atoms with van der Waals surface area (Å²) in [4.78, 5) is 65.6. The van der Waals surface area contributed by atoms with Gasteiger partial charge in [0.1, 0.15) is 18.1 Å². The van der Waals surface area contributed by atoms with E-state index in [1.807, 2.05) is 13.8 Å². The standard InChI is InChI=1S/C26H41N7O7/c1-15(2)13-19(32-22(36)17(27)9-6-12-30-26(28)29)23(37)33-20(14-16-7-4-3-5-8-16)24(38)31-18(25(39)40)10-11-21(34)35/h3-5,7-8,15,17-20H,6,9-14,27H2,1-2H3,(H,31,38)(H,32,36)(H,33,37)(H,34,35)(H,39,40)(H4,28,29,30). The van der Waals surface area contributed by atoms with Crippen LogP contribution in [0.25, 0.3) is 0 Å². The van der Waals surface area contributed by atoms with Crippen LogP contribution in [0.5, 0.6) is 0 Å². The van der Waals surface area contributed by atoms with Gasteiger partial charge in [0.25, 0.3) is 0 Å². The molecular weight excluding hydrogens is 522 g/mol. The number of guanidine groups is 1. The van der Waals surface area contributed by atoms with E-state index in [9.17, 15) is 29.1 Å². The molecule has 0 aliphatic carbocycles. The minimum atomic E-state index is -1.47. The summed E-state index contributed by atoms with van der Waals surface area (Å²) in [5.41, 5.74) is 17.2. The Morgan fingerprint density at radius 3 is 1.98 bits per heavy atom. The molecule has 1 rings (SSSR count). The first-order valence-electron chi connectivity index (χ1n) is 13.0. The molecule has 0 fully saturated rings. The molecule has 0 heterocycles. The monoisotopic (exact) mass is 563 g/mol. The van der Waals surface area contributed by atoms with Gasteiger partial charge in [-0.25, -0.2) is 4.79 Å². The smallest absolute Gasteiger partial charge is 0.326 e. The van der Waals surface area contributed by atoms with Crippen LogP contribution in [0, 0.1) is 5.92 Å². The van der Waals surface area contributed by atoms with Gasteiger partial charge in [-0.1, -0.05) is 44.2 Å². The SMILES string of the molecule is CC(C)CC(NC(=O)C(N)CCCN=C(N)N)C(=O)NC(Cc1ccccc1)C(=O)NC(CCC(=O)O)C(=O)O. The van der Waals surface area contributed by atoms with Gasteiger partial charge in [0.05, 0.1) is 6.04 Å². The zero-order valence-electron chi connectivity index (χ0n) is 22.8. The van der Waals surface area contributed by atoms with Crippen molar-refractivity contribution in [3.8, 4) is 0 Å². The van der Waals surface area contributed by atoms with Crippen LogP contribution in [0.3, 0.4) is 0 Å². The van der Waals surface area contributed by atoms with E-state index in [2.05, 4.69) is 20.9 Å². The van der Waals surface area contributed by atoms with Gasteiger partial charge < -0.3 is 43.4 Å². The number of hydrogen-bond acceptors (Lipinski definition) is 7. The summed E-state index contributed by atoms with van der Waals surface area (Å²) in [7, 11) is 0. The van der Waals surface area contributed by atoms with E-state index in [1.54, 1.807) is 30.3 Å². The van der Waals surface area contributed by atoms with Gasteiger partial charge >= 0.3 is 11.9 Å². The number of nitrogens with zero attached hydrogens (tertiary/aromatic N) is 1. The van der Waals surface area contributed by atoms with Crippen molar-refractivity contribution in [3.63, 3.8) is 0 Å². The third kappa shape index (κ3) is 13.6. The van der Waals surface area contributed by atoms with E-state index in [1.165, 1.54) is 0 Å². The first-order valence-corrected chi connectivity index (χ1v) is 13.0. The highest BCUT2D eigenvalue weighted by Crippen LogP contribution is 2.10. The number of carbonyl (C=O) groups excluding carboxylic acids is 3. The van der Waals surface area contributed by atoms with Crippen molar-refractivity contribution in [2.45, 2.75) is 76.5 Å². The summed E-state index contributed by atoms with van der Waals surface area (Å²) >= 11 is 0. The van der Waals surface area contributed by atoms with Crippen LogP contribution in [-0.4, -0.2) is 76.5 Å². The molecule has 3 amide bonds. The van der Waals surface area contributed by atoms with Crippen molar-refractivity contribution in [3.05, 3.63) is 35.9 Å². The topological polar surface area (TPSA) is 252 Å². The van der Waals surface area contributed by atoms with Crippen LogP contribution in [0.15, 0.2) is 35.3 Å². The maximum absolute atomic E-state index is 13.3. The van der Waals surface area contributed by atoms with E-state index >= 15 is 0 Å². The van der Waals surface area contributed by atoms with E-state index in [-0.39, 0.29) is 37.6 Å². The van der Waals surface area contributed by atoms with Gasteiger partial charge in [-0.2, -0.15) is 0 Å². The van der Waals surface area contributed by atoms with Crippen LogP contribution in [0.2, 0.25) is 0 Å². The second kappa shape index (κ2) is 17.4. The lowest BCUT2D eigenvalue weighted by molar-refractivity contribution is -0.143. The predicted octanol–water partition coefficient (Wildman–Crippen LogP) is -0.940. The van der Waals surface area contributed by atoms with Crippen molar-refractivity contribution < 1.29 is 34.2 Å². The molecule has 11 N–H and O–H groups in total. The molecule has 0 radical (unpaired) electrons. The summed E-state index contributed by atoms with van der Waals surface area (Å²) in [6, 6.07) is 4.11. The van der Waals surface area contributed by atoms with Crippen LogP contribution in [-0.2, 0) is 30.4 Å². The molecule has 1 aromatic rings. The lowest BCUT2D eigenvalue weighted by Gasteiger charge is -2.26. The van der Waals surface area contributed by atoms with Gasteiger partial charge in [0, 0.05) is 19.4 Å². The maximum Gasteiger partial charge on any atom is 0.326 e. The normalized spacial score (nSPS) is 13.8. The second-order valence-electron chi connectivity index (χ2n) is 9.83. The fraction of sp³-hybridized carbons (Fsp3) is 0.538. The molecule has 14 heteroatoms. The van der Waals surface area contributed by atoms with Crippen molar-refractivity contribution in [1.29, 1.82) is 0 Å². The van der Waals surface area contributed by atoms with Crippen molar-refractivity contribution >= 4 is 35.6 Å². The number of benzene rings is 1. The Hall–Kier alpha value is -4.20. The Balaban J connectivity index is 3.05. The summed E-state index contributed by atoms with van der Waals surface area (Å²) in [6.45, 7) is 4.00. The number of carboxylic acids is 2.